The molecule has 1 amide bonds. The van der Waals surface area contributed by atoms with Crippen LogP contribution in [0.15, 0.2) is 60.8 Å². The summed E-state index contributed by atoms with van der Waals surface area (Å²) in [6.07, 6.45) is -5.70. The molecule has 3 aromatic rings. The van der Waals surface area contributed by atoms with Crippen LogP contribution in [0, 0.1) is 0 Å². The third-order valence-electron chi connectivity index (χ3n) is 6.33. The highest BCUT2D eigenvalue weighted by molar-refractivity contribution is 5.77. The van der Waals surface area contributed by atoms with Gasteiger partial charge in [-0.1, -0.05) is 47.7 Å². The number of rotatable bonds is 10. The molecule has 1 aliphatic rings. The summed E-state index contributed by atoms with van der Waals surface area (Å²) in [6, 6.07) is 14.7. The number of nitrogens with one attached hydrogen (secondary N) is 1. The first kappa shape index (κ1) is 28.1. The van der Waals surface area contributed by atoms with Crippen LogP contribution in [-0.4, -0.2) is 95.3 Å². The van der Waals surface area contributed by atoms with Crippen molar-refractivity contribution < 1.29 is 44.6 Å². The molecule has 4 rings (SSSR count). The number of ether oxygens (including phenoxy) is 2. The number of hydrogen-bond donors (Lipinski definition) is 6. The quantitative estimate of drug-likeness (QED) is 0.194. The van der Waals surface area contributed by atoms with Gasteiger partial charge in [0.05, 0.1) is 37.9 Å². The smallest absolute Gasteiger partial charge is 0.377 e. The highest BCUT2D eigenvalue weighted by atomic mass is 16.7. The fourth-order valence-corrected chi connectivity index (χ4v) is 4.42. The van der Waals surface area contributed by atoms with Gasteiger partial charge in [0.25, 0.3) is 0 Å². The fourth-order valence-electron chi connectivity index (χ4n) is 4.42. The molecular formula is C26H30N4O9. The molecule has 0 aliphatic carbocycles. The Hall–Kier alpha value is -3.88. The van der Waals surface area contributed by atoms with E-state index in [1.54, 1.807) is 23.0 Å². The third-order valence-corrected chi connectivity index (χ3v) is 6.33. The first-order valence-corrected chi connectivity index (χ1v) is 12.2. The van der Waals surface area contributed by atoms with Crippen molar-refractivity contribution in [1.29, 1.82) is 0 Å². The van der Waals surface area contributed by atoms with Crippen LogP contribution in [0.4, 0.5) is 0 Å². The Morgan fingerprint density at radius 3 is 2.62 bits per heavy atom. The normalized spacial score (nSPS) is 24.5. The molecule has 0 radical (unpaired) electrons. The van der Waals surface area contributed by atoms with Gasteiger partial charge in [0.15, 0.2) is 0 Å². The van der Waals surface area contributed by atoms with E-state index in [9.17, 15) is 35.1 Å². The van der Waals surface area contributed by atoms with Crippen molar-refractivity contribution in [3.05, 3.63) is 66.4 Å². The number of carbonyl (C=O) groups excluding carboxylic acids is 1. The second-order valence-corrected chi connectivity index (χ2v) is 9.30. The minimum Gasteiger partial charge on any atom is -0.476 e. The Labute approximate surface area is 223 Å². The molecular weight excluding hydrogens is 512 g/mol. The maximum Gasteiger partial charge on any atom is 0.377 e. The van der Waals surface area contributed by atoms with Crippen LogP contribution < -0.4 is 10.1 Å². The zero-order chi connectivity index (χ0) is 28.2. The lowest BCUT2D eigenvalue weighted by Crippen LogP contribution is -2.68. The molecule has 6 atom stereocenters. The summed E-state index contributed by atoms with van der Waals surface area (Å²) in [4.78, 5) is 24.1. The molecule has 0 saturated carbocycles. The van der Waals surface area contributed by atoms with Gasteiger partial charge in [0, 0.05) is 12.5 Å². The van der Waals surface area contributed by atoms with Gasteiger partial charge in [-0.2, -0.15) is 0 Å². The van der Waals surface area contributed by atoms with Crippen LogP contribution in [0.3, 0.4) is 0 Å². The number of aliphatic hydroxyl groups excluding tert-OH is 4. The van der Waals surface area contributed by atoms with E-state index in [-0.39, 0.29) is 5.75 Å². The van der Waals surface area contributed by atoms with Crippen LogP contribution in [0.2, 0.25) is 0 Å². The predicted octanol–water partition coefficient (Wildman–Crippen LogP) is -0.478. The maximum atomic E-state index is 12.4. The molecule has 6 N–H and O–H groups in total. The van der Waals surface area contributed by atoms with Crippen molar-refractivity contribution in [3.8, 4) is 17.0 Å². The summed E-state index contributed by atoms with van der Waals surface area (Å²) in [5.74, 6) is -4.65. The molecule has 2 heterocycles. The molecule has 0 unspecified atom stereocenters. The highest BCUT2D eigenvalue weighted by Gasteiger charge is 2.56. The molecule has 13 heteroatoms. The van der Waals surface area contributed by atoms with E-state index in [2.05, 4.69) is 15.6 Å². The molecule has 2 aromatic carbocycles. The first-order chi connectivity index (χ1) is 18.6. The minimum absolute atomic E-state index is 0.0497. The Morgan fingerprint density at radius 2 is 1.95 bits per heavy atom. The van der Waals surface area contributed by atoms with Gasteiger partial charge in [-0.3, -0.25) is 4.79 Å². The number of nitrogens with zero attached hydrogens (tertiary/aromatic N) is 3. The number of aliphatic hydroxyl groups is 4. The van der Waals surface area contributed by atoms with Gasteiger partial charge in [0.2, 0.25) is 5.91 Å². The standard InChI is InChI=1S/C26H30N4O9/c1-15(32)27-22-20(33)11-26(25(36)37,39-24(22)23(35)21(34)14-31)38-18-9-5-8-17(10-18)19-13-30(29-28-19)12-16-6-3-2-4-7-16/h2-10,13,20-24,31,33-35H,11-12,14H2,1H3,(H,27,32)(H,36,37)/t20-,21+,22+,23-,24+,26+/m0/s1. The van der Waals surface area contributed by atoms with Crippen molar-refractivity contribution in [2.24, 2.45) is 0 Å². The first-order valence-electron chi connectivity index (χ1n) is 12.2. The SMILES string of the molecule is CC(=O)N[C@H]1[C@H]([C@@H](O)[C@H](O)CO)O[C@@](Oc2cccc(-c3cn(Cc4ccccc4)nn3)c2)(C(=O)O)C[C@@H]1O. The van der Waals surface area contributed by atoms with Gasteiger partial charge < -0.3 is 40.3 Å². The van der Waals surface area contributed by atoms with Gasteiger partial charge in [-0.15, -0.1) is 5.10 Å². The van der Waals surface area contributed by atoms with Crippen LogP contribution >= 0.6 is 0 Å². The highest BCUT2D eigenvalue weighted by Crippen LogP contribution is 2.35. The molecule has 1 aliphatic heterocycles. The number of aromatic nitrogens is 3. The molecule has 39 heavy (non-hydrogen) atoms. The molecule has 1 fully saturated rings. The molecule has 208 valence electrons. The number of carboxylic acid groups (broad SMARTS) is 1. The maximum absolute atomic E-state index is 12.4. The summed E-state index contributed by atoms with van der Waals surface area (Å²) >= 11 is 0. The molecule has 0 spiro atoms. The molecule has 0 bridgehead atoms. The average molecular weight is 543 g/mol. The van der Waals surface area contributed by atoms with Crippen LogP contribution in [0.5, 0.6) is 5.75 Å². The van der Waals surface area contributed by atoms with Crippen molar-refractivity contribution in [2.75, 3.05) is 6.61 Å². The fraction of sp³-hybridized carbons (Fsp3) is 0.385. The van der Waals surface area contributed by atoms with E-state index in [0.717, 1.165) is 12.5 Å². The molecule has 1 aromatic heterocycles. The Kier molecular flexibility index (Phi) is 8.57. The topological polar surface area (TPSA) is 196 Å². The minimum atomic E-state index is -2.50. The molecule has 1 saturated heterocycles. The number of carbonyl (C=O) groups is 2. The van der Waals surface area contributed by atoms with Crippen molar-refractivity contribution in [3.63, 3.8) is 0 Å². The van der Waals surface area contributed by atoms with Crippen molar-refractivity contribution >= 4 is 11.9 Å². The summed E-state index contributed by atoms with van der Waals surface area (Å²) in [5.41, 5.74) is 2.09. The van der Waals surface area contributed by atoms with E-state index < -0.39 is 61.1 Å². The van der Waals surface area contributed by atoms with Crippen molar-refractivity contribution in [1.82, 2.24) is 20.3 Å². The van der Waals surface area contributed by atoms with Crippen LogP contribution in [-0.2, 0) is 20.9 Å². The van der Waals surface area contributed by atoms with Gasteiger partial charge >= 0.3 is 11.8 Å². The van der Waals surface area contributed by atoms with Gasteiger partial charge in [-0.05, 0) is 17.7 Å². The van der Waals surface area contributed by atoms with Gasteiger partial charge in [-0.25, -0.2) is 9.48 Å². The Bertz CT molecular complexity index is 1290. The third kappa shape index (κ3) is 6.41. The van der Waals surface area contributed by atoms with E-state index in [0.29, 0.717) is 17.8 Å². The number of amides is 1. The van der Waals surface area contributed by atoms with Crippen molar-refractivity contribution in [2.45, 2.75) is 56.1 Å². The predicted molar refractivity (Wildman–Crippen MR) is 134 cm³/mol. The van der Waals surface area contributed by atoms with E-state index in [1.165, 1.54) is 12.1 Å². The summed E-state index contributed by atoms with van der Waals surface area (Å²) in [6.45, 7) is 0.782. The average Bonchev–Trinajstić information content (AvgIpc) is 3.38. The Balaban J connectivity index is 1.60. The Morgan fingerprint density at radius 1 is 1.21 bits per heavy atom. The second-order valence-electron chi connectivity index (χ2n) is 9.30. The largest absolute Gasteiger partial charge is 0.476 e. The number of carboxylic acids is 1. The lowest BCUT2D eigenvalue weighted by Gasteiger charge is -2.46. The zero-order valence-corrected chi connectivity index (χ0v) is 21.0. The lowest BCUT2D eigenvalue weighted by molar-refractivity contribution is -0.284. The number of benzene rings is 2. The lowest BCUT2D eigenvalue weighted by atomic mass is 9.88. The van der Waals surface area contributed by atoms with Crippen LogP contribution in [0.25, 0.3) is 11.3 Å². The summed E-state index contributed by atoms with van der Waals surface area (Å²) in [5, 5.41) is 61.5. The second kappa shape index (κ2) is 11.9. The summed E-state index contributed by atoms with van der Waals surface area (Å²) in [7, 11) is 0. The summed E-state index contributed by atoms with van der Waals surface area (Å²) < 4.78 is 13.1. The van der Waals surface area contributed by atoms with E-state index in [4.69, 9.17) is 9.47 Å². The number of hydrogen-bond acceptors (Lipinski definition) is 10. The van der Waals surface area contributed by atoms with E-state index in [1.807, 2.05) is 30.3 Å². The van der Waals surface area contributed by atoms with Gasteiger partial charge in [0.1, 0.15) is 29.8 Å². The van der Waals surface area contributed by atoms with Crippen LogP contribution in [0.1, 0.15) is 18.9 Å². The molecule has 13 nitrogen and oxygen atoms in total. The monoisotopic (exact) mass is 542 g/mol. The number of aliphatic carboxylic acids is 1. The van der Waals surface area contributed by atoms with E-state index >= 15 is 0 Å². The zero-order valence-electron chi connectivity index (χ0n) is 21.0.